The van der Waals surface area contributed by atoms with Crippen molar-refractivity contribution in [3.05, 3.63) is 41.2 Å². The summed E-state index contributed by atoms with van der Waals surface area (Å²) in [7, 11) is 1.65. The van der Waals surface area contributed by atoms with Crippen LogP contribution in [0.25, 0.3) is 10.9 Å². The van der Waals surface area contributed by atoms with Crippen LogP contribution in [0.1, 0.15) is 5.69 Å². The van der Waals surface area contributed by atoms with Gasteiger partial charge in [0.25, 0.3) is 0 Å². The molecule has 0 aliphatic heterocycles. The Labute approximate surface area is 75.9 Å². The molecule has 0 saturated heterocycles. The molecule has 0 aliphatic carbocycles. The van der Waals surface area contributed by atoms with Crippen LogP contribution in [0.5, 0.6) is 0 Å². The van der Waals surface area contributed by atoms with Crippen LogP contribution < -0.4 is 0 Å². The molecule has 0 radical (unpaired) electrons. The first-order valence-electron chi connectivity index (χ1n) is 4.03. The highest BCUT2D eigenvalue weighted by molar-refractivity contribution is 5.90. The summed E-state index contributed by atoms with van der Waals surface area (Å²) in [5.74, 6) is 0. The molecule has 0 fully saturated rings. The van der Waals surface area contributed by atoms with E-state index in [0.29, 0.717) is 11.2 Å². The van der Waals surface area contributed by atoms with E-state index in [4.69, 9.17) is 0 Å². The largest absolute Gasteiger partial charge is 0.805 e. The molecule has 3 heteroatoms. The maximum atomic E-state index is 11.5. The van der Waals surface area contributed by atoms with Gasteiger partial charge < -0.3 is 9.94 Å². The molecule has 1 aromatic carbocycles. The third-order valence-corrected chi connectivity index (χ3v) is 1.95. The van der Waals surface area contributed by atoms with Gasteiger partial charge in [-0.15, -0.1) is 0 Å². The van der Waals surface area contributed by atoms with E-state index in [2.05, 4.69) is 4.99 Å². The first-order chi connectivity index (χ1) is 6.33. The molecular formula is C10H9N2O-. The molecule has 0 amide bonds. The topological polar surface area (TPSA) is 40.3 Å². The van der Waals surface area contributed by atoms with E-state index in [1.54, 1.807) is 19.3 Å². The second-order valence-corrected chi connectivity index (χ2v) is 2.81. The fraction of sp³-hybridized carbons (Fsp3) is 0.100. The van der Waals surface area contributed by atoms with E-state index in [1.165, 1.54) is 0 Å². The van der Waals surface area contributed by atoms with Crippen LogP contribution in [0, 0.1) is 5.21 Å². The molecule has 0 saturated carbocycles. The molecule has 1 aromatic heterocycles. The molecule has 2 rings (SSSR count). The van der Waals surface area contributed by atoms with Gasteiger partial charge in [-0.2, -0.15) is 0 Å². The van der Waals surface area contributed by atoms with Crippen molar-refractivity contribution < 1.29 is 0 Å². The van der Waals surface area contributed by atoms with Crippen molar-refractivity contribution in [2.24, 2.45) is 4.99 Å². The number of fused-ring (bicyclic) bond motifs is 1. The van der Waals surface area contributed by atoms with E-state index in [9.17, 15) is 5.21 Å². The zero-order valence-corrected chi connectivity index (χ0v) is 7.27. The van der Waals surface area contributed by atoms with Gasteiger partial charge in [0.2, 0.25) is 0 Å². The highest BCUT2D eigenvalue weighted by Crippen LogP contribution is 2.17. The highest BCUT2D eigenvalue weighted by Gasteiger charge is 1.98. The quantitative estimate of drug-likeness (QED) is 0.608. The zero-order valence-electron chi connectivity index (χ0n) is 7.27. The van der Waals surface area contributed by atoms with Crippen molar-refractivity contribution in [3.63, 3.8) is 0 Å². The third kappa shape index (κ3) is 1.18. The Morgan fingerprint density at radius 1 is 1.38 bits per heavy atom. The summed E-state index contributed by atoms with van der Waals surface area (Å²) in [4.78, 5) is 3.82. The predicted octanol–water partition coefficient (Wildman–Crippen LogP) is 2.04. The van der Waals surface area contributed by atoms with Crippen molar-refractivity contribution in [2.75, 3.05) is 7.05 Å². The van der Waals surface area contributed by atoms with E-state index in [-0.39, 0.29) is 0 Å². The maximum Gasteiger partial charge on any atom is 0.0551 e. The van der Waals surface area contributed by atoms with Crippen LogP contribution in [-0.2, 0) is 0 Å². The number of rotatable bonds is 1. The van der Waals surface area contributed by atoms with Gasteiger partial charge in [0, 0.05) is 18.8 Å². The average molecular weight is 173 g/mol. The first kappa shape index (κ1) is 7.86. The van der Waals surface area contributed by atoms with Crippen LogP contribution in [0.15, 0.2) is 35.3 Å². The van der Waals surface area contributed by atoms with Crippen molar-refractivity contribution in [1.82, 2.24) is 4.73 Å². The van der Waals surface area contributed by atoms with Crippen LogP contribution >= 0.6 is 0 Å². The minimum Gasteiger partial charge on any atom is -0.805 e. The van der Waals surface area contributed by atoms with E-state index in [1.807, 2.05) is 24.3 Å². The second-order valence-electron chi connectivity index (χ2n) is 2.81. The lowest BCUT2D eigenvalue weighted by atomic mass is 10.2. The molecule has 0 N–H and O–H groups in total. The summed E-state index contributed by atoms with van der Waals surface area (Å²) in [5, 5.41) is 12.5. The normalized spacial score (nSPS) is 11.5. The van der Waals surface area contributed by atoms with E-state index in [0.717, 1.165) is 10.1 Å². The van der Waals surface area contributed by atoms with Crippen molar-refractivity contribution in [3.8, 4) is 0 Å². The number of aromatic nitrogens is 1. The SMILES string of the molecule is CN=Cc1cc2ccccc2n1[O-]. The third-order valence-electron chi connectivity index (χ3n) is 1.95. The Hall–Kier alpha value is -1.77. The Bertz CT molecular complexity index is 457. The summed E-state index contributed by atoms with van der Waals surface area (Å²) >= 11 is 0. The van der Waals surface area contributed by atoms with E-state index >= 15 is 0 Å². The molecule has 2 aromatic rings. The molecule has 66 valence electrons. The number of benzene rings is 1. The van der Waals surface area contributed by atoms with Gasteiger partial charge in [-0.25, -0.2) is 0 Å². The average Bonchev–Trinajstić information content (AvgIpc) is 2.46. The molecule has 0 aliphatic rings. The number of nitrogens with zero attached hydrogens (tertiary/aromatic N) is 2. The number of para-hydroxylation sites is 1. The van der Waals surface area contributed by atoms with Gasteiger partial charge in [-0.3, -0.25) is 4.99 Å². The van der Waals surface area contributed by atoms with Crippen LogP contribution in [-0.4, -0.2) is 18.0 Å². The van der Waals surface area contributed by atoms with Gasteiger partial charge in [0.05, 0.1) is 5.69 Å². The number of aliphatic imine (C=N–C) groups is 1. The Morgan fingerprint density at radius 2 is 2.15 bits per heavy atom. The van der Waals surface area contributed by atoms with Crippen LogP contribution in [0.4, 0.5) is 0 Å². The van der Waals surface area contributed by atoms with Crippen molar-refractivity contribution in [2.45, 2.75) is 0 Å². The molecule has 0 spiro atoms. The van der Waals surface area contributed by atoms with Crippen molar-refractivity contribution in [1.29, 1.82) is 0 Å². The summed E-state index contributed by atoms with van der Waals surface area (Å²) in [6, 6.07) is 9.31. The number of hydrogen-bond donors (Lipinski definition) is 0. The first-order valence-corrected chi connectivity index (χ1v) is 4.03. The van der Waals surface area contributed by atoms with Gasteiger partial charge in [-0.05, 0) is 17.5 Å². The summed E-state index contributed by atoms with van der Waals surface area (Å²) in [6.45, 7) is 0. The summed E-state index contributed by atoms with van der Waals surface area (Å²) < 4.78 is 0.891. The van der Waals surface area contributed by atoms with Gasteiger partial charge >= 0.3 is 0 Å². The standard InChI is InChI=1S/C10H9N2O/c1-11-7-9-6-8-4-2-3-5-10(8)12(9)13/h2-7H,1H3/q-1. The fourth-order valence-corrected chi connectivity index (χ4v) is 1.37. The lowest BCUT2D eigenvalue weighted by Crippen LogP contribution is -1.91. The van der Waals surface area contributed by atoms with Crippen LogP contribution in [0.2, 0.25) is 0 Å². The number of hydrogen-bond acceptors (Lipinski definition) is 2. The monoisotopic (exact) mass is 173 g/mol. The highest BCUT2D eigenvalue weighted by atomic mass is 16.5. The van der Waals surface area contributed by atoms with Gasteiger partial charge in [0.15, 0.2) is 0 Å². The Balaban J connectivity index is 2.73. The predicted molar refractivity (Wildman–Crippen MR) is 54.2 cm³/mol. The molecular weight excluding hydrogens is 164 g/mol. The molecule has 0 unspecified atom stereocenters. The second kappa shape index (κ2) is 2.94. The minimum atomic E-state index is 0.587. The molecule has 0 atom stereocenters. The molecule has 0 bridgehead atoms. The Kier molecular flexibility index (Phi) is 1.77. The van der Waals surface area contributed by atoms with Crippen LogP contribution in [0.3, 0.4) is 0 Å². The summed E-state index contributed by atoms with van der Waals surface area (Å²) in [5.41, 5.74) is 1.28. The lowest BCUT2D eigenvalue weighted by Gasteiger charge is -2.10. The molecule has 1 heterocycles. The van der Waals surface area contributed by atoms with E-state index < -0.39 is 0 Å². The fourth-order valence-electron chi connectivity index (χ4n) is 1.37. The molecule has 3 nitrogen and oxygen atoms in total. The Morgan fingerprint density at radius 3 is 2.85 bits per heavy atom. The molecule has 13 heavy (non-hydrogen) atoms. The lowest BCUT2D eigenvalue weighted by molar-refractivity contribution is 1.14. The minimum absolute atomic E-state index is 0.587. The van der Waals surface area contributed by atoms with Gasteiger partial charge in [-0.1, -0.05) is 18.2 Å². The van der Waals surface area contributed by atoms with Gasteiger partial charge in [0.1, 0.15) is 0 Å². The van der Waals surface area contributed by atoms with Crippen molar-refractivity contribution >= 4 is 17.1 Å². The zero-order chi connectivity index (χ0) is 9.26. The maximum absolute atomic E-state index is 11.5. The summed E-state index contributed by atoms with van der Waals surface area (Å²) in [6.07, 6.45) is 1.56. The smallest absolute Gasteiger partial charge is 0.0551 e.